The number of benzene rings is 1. The first-order chi connectivity index (χ1) is 6.47. The van der Waals surface area contributed by atoms with Crippen LogP contribution in [-0.2, 0) is 8.26 Å². The van der Waals surface area contributed by atoms with Crippen LogP contribution in [0.5, 0.6) is 0 Å². The molecule has 2 aromatic rings. The third kappa shape index (κ3) is 6.33. The Morgan fingerprint density at radius 1 is 1.20 bits per heavy atom. The average molecular weight is 270 g/mol. The molecule has 0 radical (unpaired) electrons. The Morgan fingerprint density at radius 2 is 1.73 bits per heavy atom. The standard InChI is InChI=1S/C7H5NO.CH4.Cl2O2S/c1-2-4-7-6(3-1)5-8-9-7;;1-5(2,3)4/h1-5H;1H4;. The summed E-state index contributed by atoms with van der Waals surface area (Å²) in [6.45, 7) is 0. The fourth-order valence-electron chi connectivity index (χ4n) is 0.810. The Morgan fingerprint density at radius 3 is 2.27 bits per heavy atom. The summed E-state index contributed by atoms with van der Waals surface area (Å²) in [6.07, 6.45) is 1.70. The van der Waals surface area contributed by atoms with Crippen LogP contribution in [0.1, 0.15) is 7.43 Å². The van der Waals surface area contributed by atoms with E-state index in [0.717, 1.165) is 11.0 Å². The smallest absolute Gasteiger partial charge is 0.317 e. The van der Waals surface area contributed by atoms with Crippen molar-refractivity contribution < 1.29 is 12.9 Å². The summed E-state index contributed by atoms with van der Waals surface area (Å²) in [7, 11) is 4.81. The molecule has 1 aromatic carbocycles. The first kappa shape index (κ1) is 14.2. The third-order valence-corrected chi connectivity index (χ3v) is 1.26. The number of hydrogen-bond acceptors (Lipinski definition) is 4. The minimum atomic E-state index is -3.72. The molecule has 0 bridgehead atoms. The first-order valence-electron chi connectivity index (χ1n) is 3.40. The maximum atomic E-state index is 9.16. The fourth-order valence-corrected chi connectivity index (χ4v) is 0.810. The maximum absolute atomic E-state index is 9.16. The van der Waals surface area contributed by atoms with Crippen molar-refractivity contribution in [2.24, 2.45) is 0 Å². The molecule has 15 heavy (non-hydrogen) atoms. The highest BCUT2D eigenvalue weighted by Gasteiger charge is 1.91. The first-order valence-corrected chi connectivity index (χ1v) is 6.54. The molecule has 0 saturated heterocycles. The topological polar surface area (TPSA) is 60.2 Å². The molecule has 0 aliphatic heterocycles. The van der Waals surface area contributed by atoms with Crippen molar-refractivity contribution >= 4 is 40.6 Å². The summed E-state index contributed by atoms with van der Waals surface area (Å²) in [6, 6.07) is 7.74. The third-order valence-electron chi connectivity index (χ3n) is 1.26. The molecule has 0 amide bonds. The second-order valence-corrected chi connectivity index (χ2v) is 5.91. The highest BCUT2D eigenvalue weighted by Crippen LogP contribution is 2.10. The van der Waals surface area contributed by atoms with E-state index >= 15 is 0 Å². The Kier molecular flexibility index (Phi) is 5.64. The molecule has 1 heterocycles. The lowest BCUT2D eigenvalue weighted by Gasteiger charge is -1.78. The Balaban J connectivity index is 0.000000289. The summed E-state index contributed by atoms with van der Waals surface area (Å²) in [5.74, 6) is 0. The predicted molar refractivity (Wildman–Crippen MR) is 61.4 cm³/mol. The second-order valence-electron chi connectivity index (χ2n) is 2.24. The van der Waals surface area contributed by atoms with E-state index in [1.54, 1.807) is 6.20 Å². The van der Waals surface area contributed by atoms with Crippen molar-refractivity contribution in [1.82, 2.24) is 5.16 Å². The predicted octanol–water partition coefficient (Wildman–Crippen LogP) is 3.17. The Bertz CT molecular complexity index is 471. The van der Waals surface area contributed by atoms with Gasteiger partial charge in [-0.1, -0.05) is 24.7 Å². The SMILES string of the molecule is C.O=S(=O)(Cl)Cl.c1ccc2oncc2c1. The zero-order valence-electron chi connectivity index (χ0n) is 6.72. The summed E-state index contributed by atoms with van der Waals surface area (Å²) in [5.41, 5.74) is 0.845. The Hall–Kier alpha value is -0.780. The molecule has 0 atom stereocenters. The number of rotatable bonds is 0. The van der Waals surface area contributed by atoms with E-state index in [0.29, 0.717) is 0 Å². The van der Waals surface area contributed by atoms with Gasteiger partial charge < -0.3 is 4.52 Å². The minimum absolute atomic E-state index is 0. The van der Waals surface area contributed by atoms with Crippen LogP contribution < -0.4 is 0 Å². The van der Waals surface area contributed by atoms with E-state index in [9.17, 15) is 0 Å². The highest BCUT2D eigenvalue weighted by molar-refractivity contribution is 8.31. The van der Waals surface area contributed by atoms with Crippen molar-refractivity contribution in [3.63, 3.8) is 0 Å². The van der Waals surface area contributed by atoms with E-state index in [2.05, 4.69) is 26.5 Å². The van der Waals surface area contributed by atoms with E-state index in [1.165, 1.54) is 0 Å². The van der Waals surface area contributed by atoms with Gasteiger partial charge in [0.25, 0.3) is 0 Å². The molecule has 4 nitrogen and oxygen atoms in total. The van der Waals surface area contributed by atoms with Crippen molar-refractivity contribution in [3.8, 4) is 0 Å². The number of aromatic nitrogens is 1. The number of para-hydroxylation sites is 1. The number of hydrogen-bond donors (Lipinski definition) is 0. The van der Waals surface area contributed by atoms with Crippen LogP contribution in [0.4, 0.5) is 0 Å². The second kappa shape index (κ2) is 5.95. The van der Waals surface area contributed by atoms with Crippen molar-refractivity contribution in [2.75, 3.05) is 0 Å². The molecule has 84 valence electrons. The number of halogens is 2. The van der Waals surface area contributed by atoms with Crippen molar-refractivity contribution in [2.45, 2.75) is 7.43 Å². The van der Waals surface area contributed by atoms with Crippen LogP contribution in [0, 0.1) is 0 Å². The molecule has 7 heteroatoms. The quantitative estimate of drug-likeness (QED) is 0.690. The molecule has 0 aliphatic carbocycles. The zero-order valence-corrected chi connectivity index (χ0v) is 9.05. The van der Waals surface area contributed by atoms with Crippen LogP contribution in [0.2, 0.25) is 0 Å². The largest absolute Gasteiger partial charge is 0.356 e. The molecule has 0 fully saturated rings. The molecule has 0 aliphatic rings. The van der Waals surface area contributed by atoms with Crippen LogP contribution in [0.15, 0.2) is 35.0 Å². The molecule has 0 N–H and O–H groups in total. The molecule has 0 spiro atoms. The number of nitrogens with zero attached hydrogens (tertiary/aromatic N) is 1. The van der Waals surface area contributed by atoms with Crippen LogP contribution in [-0.4, -0.2) is 13.6 Å². The summed E-state index contributed by atoms with van der Waals surface area (Å²) in [5, 5.41) is 4.68. The van der Waals surface area contributed by atoms with Gasteiger partial charge in [0.1, 0.15) is 0 Å². The van der Waals surface area contributed by atoms with Crippen LogP contribution in [0.3, 0.4) is 0 Å². The minimum Gasteiger partial charge on any atom is -0.356 e. The molecule has 2 rings (SSSR count). The summed E-state index contributed by atoms with van der Waals surface area (Å²) in [4.78, 5) is 0. The lowest BCUT2D eigenvalue weighted by atomic mass is 10.3. The van der Waals surface area contributed by atoms with Gasteiger partial charge in [0.15, 0.2) is 5.58 Å². The van der Waals surface area contributed by atoms with Gasteiger partial charge in [0.05, 0.1) is 6.20 Å². The highest BCUT2D eigenvalue weighted by atomic mass is 36.0. The molecule has 0 unspecified atom stereocenters. The van der Waals surface area contributed by atoms with Gasteiger partial charge >= 0.3 is 8.26 Å². The Labute approximate surface area is 96.7 Å². The lowest BCUT2D eigenvalue weighted by molar-refractivity contribution is 0.456. The van der Waals surface area contributed by atoms with Gasteiger partial charge in [-0.05, 0) is 12.1 Å². The van der Waals surface area contributed by atoms with E-state index < -0.39 is 8.26 Å². The normalized spacial score (nSPS) is 10.0. The van der Waals surface area contributed by atoms with Gasteiger partial charge in [-0.15, -0.1) is 0 Å². The van der Waals surface area contributed by atoms with Crippen molar-refractivity contribution in [3.05, 3.63) is 30.5 Å². The van der Waals surface area contributed by atoms with Gasteiger partial charge in [-0.25, -0.2) is 0 Å². The lowest BCUT2D eigenvalue weighted by Crippen LogP contribution is -1.63. The summed E-state index contributed by atoms with van der Waals surface area (Å²) >= 11 is 0. The van der Waals surface area contributed by atoms with Gasteiger partial charge in [-0.2, -0.15) is 8.42 Å². The van der Waals surface area contributed by atoms with Gasteiger partial charge in [0.2, 0.25) is 0 Å². The van der Waals surface area contributed by atoms with Crippen molar-refractivity contribution in [1.29, 1.82) is 0 Å². The zero-order chi connectivity index (χ0) is 10.6. The monoisotopic (exact) mass is 269 g/mol. The van der Waals surface area contributed by atoms with E-state index in [-0.39, 0.29) is 7.43 Å². The van der Waals surface area contributed by atoms with Gasteiger partial charge in [-0.3, -0.25) is 0 Å². The van der Waals surface area contributed by atoms with Gasteiger partial charge in [0, 0.05) is 26.8 Å². The molecule has 1 aromatic heterocycles. The van der Waals surface area contributed by atoms with Crippen LogP contribution in [0.25, 0.3) is 11.0 Å². The molecular formula is C8H9Cl2NO3S. The average Bonchev–Trinajstić information content (AvgIpc) is 2.47. The number of fused-ring (bicyclic) bond motifs is 1. The van der Waals surface area contributed by atoms with E-state index in [1.807, 2.05) is 24.3 Å². The maximum Gasteiger partial charge on any atom is 0.317 e. The summed E-state index contributed by atoms with van der Waals surface area (Å²) < 4.78 is 23.2. The van der Waals surface area contributed by atoms with Crippen LogP contribution >= 0.6 is 21.4 Å². The fraction of sp³-hybridized carbons (Fsp3) is 0.125. The molecular weight excluding hydrogens is 261 g/mol. The van der Waals surface area contributed by atoms with E-state index in [4.69, 9.17) is 12.9 Å². The molecule has 0 saturated carbocycles.